The van der Waals surface area contributed by atoms with Gasteiger partial charge in [0.25, 0.3) is 0 Å². The van der Waals surface area contributed by atoms with E-state index >= 15 is 0 Å². The molecule has 0 unspecified atom stereocenters. The second-order valence-electron chi connectivity index (χ2n) is 6.02. The van der Waals surface area contributed by atoms with Crippen LogP contribution < -0.4 is 22.9 Å². The van der Waals surface area contributed by atoms with Crippen LogP contribution in [-0.4, -0.2) is 23.5 Å². The number of hydrogen-bond donors (Lipinski definition) is 4. The Morgan fingerprint density at radius 2 is 1.93 bits per heavy atom. The molecule has 1 atom stereocenters. The topological polar surface area (TPSA) is 134 Å². The molecule has 1 aromatic heterocycles. The molecule has 144 valence electrons. The molecule has 2 aromatic carbocycles. The minimum absolute atomic E-state index is 0.433. The van der Waals surface area contributed by atoms with E-state index in [1.807, 2.05) is 36.4 Å². The highest BCUT2D eigenvalue weighted by Gasteiger charge is 2.07. The van der Waals surface area contributed by atoms with Gasteiger partial charge in [-0.3, -0.25) is 4.79 Å². The number of anilines is 1. The molecule has 8 N–H and O–H groups in total. The summed E-state index contributed by atoms with van der Waals surface area (Å²) in [5, 5.41) is 1.54. The van der Waals surface area contributed by atoms with Crippen LogP contribution in [-0.2, 0) is 4.79 Å². The van der Waals surface area contributed by atoms with E-state index in [0.29, 0.717) is 23.7 Å². The van der Waals surface area contributed by atoms with Gasteiger partial charge in [0.2, 0.25) is 5.91 Å². The predicted molar refractivity (Wildman–Crippen MR) is 115 cm³/mol. The highest BCUT2D eigenvalue weighted by Crippen LogP contribution is 2.32. The van der Waals surface area contributed by atoms with Gasteiger partial charge in [-0.25, -0.2) is 4.98 Å². The maximum absolute atomic E-state index is 10.4. The largest absolute Gasteiger partial charge is 0.398 e. The van der Waals surface area contributed by atoms with Crippen molar-refractivity contribution in [1.29, 1.82) is 0 Å². The Hall–Kier alpha value is -2.19. The summed E-state index contributed by atoms with van der Waals surface area (Å²) in [6.45, 7) is 0.644. The zero-order chi connectivity index (χ0) is 19.8. The summed E-state index contributed by atoms with van der Waals surface area (Å²) in [5.74, 6) is -0.433. The average molecular weight is 406 g/mol. The monoisotopic (exact) mass is 405 g/mol. The van der Waals surface area contributed by atoms with Crippen molar-refractivity contribution in [2.24, 2.45) is 17.2 Å². The smallest absolute Gasteiger partial charge is 0.234 e. The van der Waals surface area contributed by atoms with Gasteiger partial charge in [-0.15, -0.1) is 11.3 Å². The van der Waals surface area contributed by atoms with E-state index in [4.69, 9.17) is 34.5 Å². The first-order chi connectivity index (χ1) is 12.9. The van der Waals surface area contributed by atoms with Crippen molar-refractivity contribution >= 4 is 44.7 Å². The fourth-order valence-corrected chi connectivity index (χ4v) is 3.45. The third-order valence-corrected chi connectivity index (χ3v) is 5.29. The lowest BCUT2D eigenvalue weighted by atomic mass is 10.1. The zero-order valence-electron chi connectivity index (χ0n) is 14.9. The van der Waals surface area contributed by atoms with Gasteiger partial charge >= 0.3 is 0 Å². The minimum Gasteiger partial charge on any atom is -0.398 e. The normalized spacial score (nSPS) is 11.7. The highest BCUT2D eigenvalue weighted by molar-refractivity contribution is 7.21. The van der Waals surface area contributed by atoms with E-state index in [1.165, 1.54) is 4.70 Å². The molecule has 1 amide bonds. The van der Waals surface area contributed by atoms with Crippen LogP contribution >= 0.6 is 22.9 Å². The van der Waals surface area contributed by atoms with E-state index in [-0.39, 0.29) is 0 Å². The van der Waals surface area contributed by atoms with Crippen molar-refractivity contribution in [3.05, 3.63) is 47.5 Å². The minimum atomic E-state index is -0.494. The molecule has 0 spiro atoms. The molecule has 0 aliphatic rings. The Balaban J connectivity index is 0.000000227. The second kappa shape index (κ2) is 10.2. The van der Waals surface area contributed by atoms with Crippen molar-refractivity contribution in [3.63, 3.8) is 0 Å². The summed E-state index contributed by atoms with van der Waals surface area (Å²) < 4.78 is 1.18. The lowest BCUT2D eigenvalue weighted by Crippen LogP contribution is -2.36. The van der Waals surface area contributed by atoms with Crippen LogP contribution in [0, 0.1) is 0 Å². The number of primary amides is 1. The van der Waals surface area contributed by atoms with E-state index < -0.39 is 11.9 Å². The van der Waals surface area contributed by atoms with Crippen LogP contribution in [0.1, 0.15) is 19.3 Å². The molecular formula is C19H24ClN5OS. The molecular weight excluding hydrogens is 382 g/mol. The van der Waals surface area contributed by atoms with E-state index in [2.05, 4.69) is 11.1 Å². The molecule has 0 saturated carbocycles. The van der Waals surface area contributed by atoms with E-state index in [9.17, 15) is 4.79 Å². The molecule has 0 fully saturated rings. The van der Waals surface area contributed by atoms with Crippen LogP contribution in [0.25, 0.3) is 20.8 Å². The number of aromatic nitrogens is 1. The number of hydrogen-bond acceptors (Lipinski definition) is 6. The number of unbranched alkanes of at least 4 members (excludes halogenated alkanes) is 1. The third kappa shape index (κ3) is 6.18. The highest BCUT2D eigenvalue weighted by atomic mass is 35.5. The van der Waals surface area contributed by atoms with Crippen molar-refractivity contribution < 1.29 is 4.79 Å². The summed E-state index contributed by atoms with van der Waals surface area (Å²) >= 11 is 7.67. The first kappa shape index (κ1) is 21.1. The van der Waals surface area contributed by atoms with Crippen molar-refractivity contribution in [1.82, 2.24) is 4.98 Å². The Labute approximate surface area is 167 Å². The quantitative estimate of drug-likeness (QED) is 0.369. The van der Waals surface area contributed by atoms with Gasteiger partial charge in [0.15, 0.2) is 0 Å². The number of nitrogens with zero attached hydrogens (tertiary/aromatic N) is 1. The number of nitrogens with two attached hydrogens (primary N) is 4. The van der Waals surface area contributed by atoms with Gasteiger partial charge in [-0.2, -0.15) is 0 Å². The Kier molecular flexibility index (Phi) is 7.99. The number of rotatable bonds is 6. The maximum atomic E-state index is 10.4. The number of carbonyl (C=O) groups is 1. The van der Waals surface area contributed by atoms with Crippen LogP contribution in [0.2, 0.25) is 5.02 Å². The number of benzene rings is 2. The van der Waals surface area contributed by atoms with Gasteiger partial charge in [-0.05, 0) is 49.7 Å². The molecule has 8 heteroatoms. The van der Waals surface area contributed by atoms with Gasteiger partial charge in [0, 0.05) is 5.56 Å². The predicted octanol–water partition coefficient (Wildman–Crippen LogP) is 3.13. The Morgan fingerprint density at radius 1 is 1.19 bits per heavy atom. The number of nitrogen functional groups attached to an aromatic ring is 1. The summed E-state index contributed by atoms with van der Waals surface area (Å²) in [4.78, 5) is 14.9. The number of halogens is 1. The first-order valence-electron chi connectivity index (χ1n) is 8.58. The van der Waals surface area contributed by atoms with Crippen molar-refractivity contribution in [2.75, 3.05) is 12.3 Å². The van der Waals surface area contributed by atoms with Gasteiger partial charge in [-0.1, -0.05) is 30.2 Å². The number of amides is 1. The molecule has 0 bridgehead atoms. The van der Waals surface area contributed by atoms with Crippen molar-refractivity contribution in [2.45, 2.75) is 25.3 Å². The SMILES string of the molecule is NCCCC[C@H](N)C(N)=O.Nc1ccc(-c2nc3ccccc3s2)cc1Cl. The fourth-order valence-electron chi connectivity index (χ4n) is 2.31. The molecule has 1 heterocycles. The van der Waals surface area contributed by atoms with Gasteiger partial charge in [0.05, 0.1) is 27.0 Å². The number of fused-ring (bicyclic) bond motifs is 1. The number of carbonyl (C=O) groups excluding carboxylic acids is 1. The Morgan fingerprint density at radius 3 is 2.56 bits per heavy atom. The number of para-hydroxylation sites is 1. The third-order valence-electron chi connectivity index (χ3n) is 3.88. The second-order valence-corrected chi connectivity index (χ2v) is 7.45. The molecule has 6 nitrogen and oxygen atoms in total. The van der Waals surface area contributed by atoms with Crippen LogP contribution in [0.15, 0.2) is 42.5 Å². The molecule has 0 aliphatic carbocycles. The van der Waals surface area contributed by atoms with Crippen LogP contribution in [0.3, 0.4) is 0 Å². The molecule has 0 radical (unpaired) electrons. The summed E-state index contributed by atoms with van der Waals surface area (Å²) in [6.07, 6.45) is 2.42. The average Bonchev–Trinajstić information content (AvgIpc) is 3.08. The van der Waals surface area contributed by atoms with E-state index in [1.54, 1.807) is 11.3 Å². The first-order valence-corrected chi connectivity index (χ1v) is 9.77. The summed E-state index contributed by atoms with van der Waals surface area (Å²) in [5.41, 5.74) is 23.8. The lowest BCUT2D eigenvalue weighted by Gasteiger charge is -2.04. The molecule has 3 aromatic rings. The standard InChI is InChI=1S/C13H9ClN2S.C6H15N3O/c14-9-7-8(5-6-10(9)15)13-16-11-3-1-2-4-12(11)17-13;7-4-2-1-3-5(8)6(9)10/h1-7H,15H2;5H,1-4,7-8H2,(H2,9,10)/t;5-/m.0/s1. The Bertz CT molecular complexity index is 866. The van der Waals surface area contributed by atoms with Crippen LogP contribution in [0.5, 0.6) is 0 Å². The van der Waals surface area contributed by atoms with Crippen molar-refractivity contribution in [3.8, 4) is 10.6 Å². The van der Waals surface area contributed by atoms with Gasteiger partial charge < -0.3 is 22.9 Å². The zero-order valence-corrected chi connectivity index (χ0v) is 16.5. The molecule has 3 rings (SSSR count). The fraction of sp³-hybridized carbons (Fsp3) is 0.263. The summed E-state index contributed by atoms with van der Waals surface area (Å²) in [6, 6.07) is 13.2. The van der Waals surface area contributed by atoms with Crippen LogP contribution in [0.4, 0.5) is 5.69 Å². The maximum Gasteiger partial charge on any atom is 0.234 e. The van der Waals surface area contributed by atoms with E-state index in [0.717, 1.165) is 28.9 Å². The van der Waals surface area contributed by atoms with Gasteiger partial charge in [0.1, 0.15) is 5.01 Å². The molecule has 0 aliphatic heterocycles. The summed E-state index contributed by atoms with van der Waals surface area (Å²) in [7, 11) is 0. The number of thiazole rings is 1. The molecule has 0 saturated heterocycles. The lowest BCUT2D eigenvalue weighted by molar-refractivity contribution is -0.119. The molecule has 27 heavy (non-hydrogen) atoms.